The van der Waals surface area contributed by atoms with Gasteiger partial charge in [-0.15, -0.1) is 11.3 Å². The number of benzene rings is 1. The average Bonchev–Trinajstić information content (AvgIpc) is 2.74. The standard InChI is InChI=1S/C14H15BrClNOS/c1-18-7-6-10-4-2-3-5-13(10)17-9-11-8-12(15)14(16)19-11/h2-5,8,17H,6-7,9H2,1H3. The molecule has 0 spiro atoms. The molecule has 0 bridgehead atoms. The molecule has 0 unspecified atom stereocenters. The van der Waals surface area contributed by atoms with Crippen LogP contribution in [0.4, 0.5) is 5.69 Å². The predicted octanol–water partition coefficient (Wildman–Crippen LogP) is 4.97. The second kappa shape index (κ2) is 7.29. The van der Waals surface area contributed by atoms with E-state index in [1.54, 1.807) is 18.4 Å². The normalized spacial score (nSPS) is 10.7. The Bertz CT molecular complexity index is 524. The average molecular weight is 361 g/mol. The fraction of sp³-hybridized carbons (Fsp3) is 0.286. The number of nitrogens with one attached hydrogen (secondary N) is 1. The van der Waals surface area contributed by atoms with Gasteiger partial charge in [-0.1, -0.05) is 29.8 Å². The molecule has 5 heteroatoms. The van der Waals surface area contributed by atoms with E-state index in [0.717, 1.165) is 34.1 Å². The summed E-state index contributed by atoms with van der Waals surface area (Å²) in [4.78, 5) is 1.21. The highest BCUT2D eigenvalue weighted by Crippen LogP contribution is 2.32. The van der Waals surface area contributed by atoms with Crippen molar-refractivity contribution in [1.82, 2.24) is 0 Å². The lowest BCUT2D eigenvalue weighted by atomic mass is 10.1. The van der Waals surface area contributed by atoms with E-state index in [1.165, 1.54) is 10.4 Å². The first kappa shape index (κ1) is 14.9. The molecule has 2 nitrogen and oxygen atoms in total. The first-order valence-corrected chi connectivity index (χ1v) is 7.94. The number of hydrogen-bond donors (Lipinski definition) is 1. The molecule has 2 rings (SSSR count). The van der Waals surface area contributed by atoms with E-state index in [1.807, 2.05) is 6.07 Å². The minimum absolute atomic E-state index is 0.731. The topological polar surface area (TPSA) is 21.3 Å². The van der Waals surface area contributed by atoms with Crippen LogP contribution in [0, 0.1) is 0 Å². The molecule has 1 aromatic heterocycles. The fourth-order valence-electron chi connectivity index (χ4n) is 1.78. The molecule has 0 saturated heterocycles. The summed E-state index contributed by atoms with van der Waals surface area (Å²) in [5, 5.41) is 3.45. The van der Waals surface area contributed by atoms with Crippen LogP contribution in [0.5, 0.6) is 0 Å². The molecule has 0 saturated carbocycles. The summed E-state index contributed by atoms with van der Waals surface area (Å²) in [6.07, 6.45) is 0.911. The molecule has 0 amide bonds. The summed E-state index contributed by atoms with van der Waals surface area (Å²) in [7, 11) is 1.72. The number of anilines is 1. The van der Waals surface area contributed by atoms with Crippen molar-refractivity contribution < 1.29 is 4.74 Å². The molecule has 19 heavy (non-hydrogen) atoms. The second-order valence-electron chi connectivity index (χ2n) is 4.09. The minimum atomic E-state index is 0.731. The smallest absolute Gasteiger partial charge is 0.107 e. The lowest BCUT2D eigenvalue weighted by Crippen LogP contribution is -2.03. The molecular formula is C14H15BrClNOS. The number of methoxy groups -OCH3 is 1. The van der Waals surface area contributed by atoms with Crippen molar-refractivity contribution in [2.45, 2.75) is 13.0 Å². The fourth-order valence-corrected chi connectivity index (χ4v) is 3.51. The number of halogens is 2. The van der Waals surface area contributed by atoms with E-state index in [0.29, 0.717) is 0 Å². The van der Waals surface area contributed by atoms with Gasteiger partial charge in [0.1, 0.15) is 4.34 Å². The molecule has 102 valence electrons. The third-order valence-corrected chi connectivity index (χ3v) is 5.22. The maximum atomic E-state index is 6.04. The van der Waals surface area contributed by atoms with Gasteiger partial charge in [0.25, 0.3) is 0 Å². The van der Waals surface area contributed by atoms with Crippen LogP contribution in [0.2, 0.25) is 4.34 Å². The Labute approximate surface area is 130 Å². The molecule has 0 atom stereocenters. The maximum absolute atomic E-state index is 6.04. The zero-order chi connectivity index (χ0) is 13.7. The third-order valence-electron chi connectivity index (χ3n) is 2.74. The molecule has 1 heterocycles. The lowest BCUT2D eigenvalue weighted by molar-refractivity contribution is 0.202. The van der Waals surface area contributed by atoms with E-state index in [9.17, 15) is 0 Å². The Kier molecular flexibility index (Phi) is 5.70. The second-order valence-corrected chi connectivity index (χ2v) is 6.68. The lowest BCUT2D eigenvalue weighted by Gasteiger charge is -2.10. The van der Waals surface area contributed by atoms with Crippen molar-refractivity contribution in [2.75, 3.05) is 19.0 Å². The number of thiophene rings is 1. The monoisotopic (exact) mass is 359 g/mol. The van der Waals surface area contributed by atoms with Gasteiger partial charge in [0, 0.05) is 28.7 Å². The number of ether oxygens (including phenoxy) is 1. The Morgan fingerprint density at radius 1 is 1.37 bits per heavy atom. The Hall–Kier alpha value is -0.550. The number of rotatable bonds is 6. The van der Waals surface area contributed by atoms with Crippen molar-refractivity contribution in [3.8, 4) is 0 Å². The summed E-state index contributed by atoms with van der Waals surface area (Å²) in [6, 6.07) is 10.4. The van der Waals surface area contributed by atoms with Crippen molar-refractivity contribution in [3.63, 3.8) is 0 Å². The van der Waals surface area contributed by atoms with Crippen LogP contribution in [0.1, 0.15) is 10.4 Å². The molecule has 0 aliphatic carbocycles. The Balaban J connectivity index is 2.02. The Morgan fingerprint density at radius 2 is 2.16 bits per heavy atom. The van der Waals surface area contributed by atoms with E-state index in [-0.39, 0.29) is 0 Å². The highest BCUT2D eigenvalue weighted by Gasteiger charge is 2.06. The maximum Gasteiger partial charge on any atom is 0.107 e. The van der Waals surface area contributed by atoms with Crippen LogP contribution in [0.3, 0.4) is 0 Å². The van der Waals surface area contributed by atoms with Crippen molar-refractivity contribution in [1.29, 1.82) is 0 Å². The quantitative estimate of drug-likeness (QED) is 0.785. The first-order chi connectivity index (χ1) is 9.20. The van der Waals surface area contributed by atoms with Crippen LogP contribution in [-0.4, -0.2) is 13.7 Å². The van der Waals surface area contributed by atoms with Gasteiger partial charge < -0.3 is 10.1 Å². The zero-order valence-electron chi connectivity index (χ0n) is 10.6. The van der Waals surface area contributed by atoms with Gasteiger partial charge in [-0.3, -0.25) is 0 Å². The van der Waals surface area contributed by atoms with Crippen LogP contribution in [0.25, 0.3) is 0 Å². The molecular weight excluding hydrogens is 346 g/mol. The summed E-state index contributed by atoms with van der Waals surface area (Å²) in [5.74, 6) is 0. The van der Waals surface area contributed by atoms with E-state index >= 15 is 0 Å². The van der Waals surface area contributed by atoms with Crippen LogP contribution in [0.15, 0.2) is 34.8 Å². The van der Waals surface area contributed by atoms with Gasteiger partial charge in [0.2, 0.25) is 0 Å². The van der Waals surface area contributed by atoms with Gasteiger partial charge in [-0.05, 0) is 40.0 Å². The molecule has 0 aliphatic heterocycles. The summed E-state index contributed by atoms with van der Waals surface area (Å²) in [5.41, 5.74) is 2.42. The predicted molar refractivity (Wildman–Crippen MR) is 86.4 cm³/mol. The highest BCUT2D eigenvalue weighted by molar-refractivity contribution is 9.10. The van der Waals surface area contributed by atoms with Gasteiger partial charge in [-0.2, -0.15) is 0 Å². The van der Waals surface area contributed by atoms with Crippen molar-refractivity contribution in [3.05, 3.63) is 49.6 Å². The Morgan fingerprint density at radius 3 is 2.84 bits per heavy atom. The SMILES string of the molecule is COCCc1ccccc1NCc1cc(Br)c(Cl)s1. The minimum Gasteiger partial charge on any atom is -0.384 e. The van der Waals surface area contributed by atoms with E-state index in [2.05, 4.69) is 45.5 Å². The van der Waals surface area contributed by atoms with Crippen LogP contribution < -0.4 is 5.32 Å². The summed E-state index contributed by atoms with van der Waals surface area (Å²) in [6.45, 7) is 1.51. The molecule has 2 aromatic rings. The zero-order valence-corrected chi connectivity index (χ0v) is 13.7. The van der Waals surface area contributed by atoms with E-state index < -0.39 is 0 Å². The van der Waals surface area contributed by atoms with Gasteiger partial charge >= 0.3 is 0 Å². The molecule has 1 N–H and O–H groups in total. The molecule has 0 radical (unpaired) electrons. The first-order valence-electron chi connectivity index (χ1n) is 5.95. The summed E-state index contributed by atoms with van der Waals surface area (Å²) < 4.78 is 6.89. The summed E-state index contributed by atoms with van der Waals surface area (Å²) >= 11 is 11.1. The third kappa shape index (κ3) is 4.21. The van der Waals surface area contributed by atoms with E-state index in [4.69, 9.17) is 16.3 Å². The molecule has 0 fully saturated rings. The largest absolute Gasteiger partial charge is 0.384 e. The van der Waals surface area contributed by atoms with Crippen molar-refractivity contribution >= 4 is 44.6 Å². The molecule has 0 aliphatic rings. The van der Waals surface area contributed by atoms with Gasteiger partial charge in [0.15, 0.2) is 0 Å². The number of para-hydroxylation sites is 1. The van der Waals surface area contributed by atoms with Crippen LogP contribution in [-0.2, 0) is 17.7 Å². The van der Waals surface area contributed by atoms with Crippen molar-refractivity contribution in [2.24, 2.45) is 0 Å². The highest BCUT2D eigenvalue weighted by atomic mass is 79.9. The molecule has 1 aromatic carbocycles. The van der Waals surface area contributed by atoms with Crippen LogP contribution >= 0.6 is 38.9 Å². The number of hydrogen-bond acceptors (Lipinski definition) is 3. The van der Waals surface area contributed by atoms with Gasteiger partial charge in [0.05, 0.1) is 6.61 Å². The van der Waals surface area contributed by atoms with Gasteiger partial charge in [-0.25, -0.2) is 0 Å².